The summed E-state index contributed by atoms with van der Waals surface area (Å²) in [6.07, 6.45) is 0.983. The monoisotopic (exact) mass is 262 g/mol. The summed E-state index contributed by atoms with van der Waals surface area (Å²) in [6.45, 7) is 6.06. The smallest absolute Gasteiger partial charge is 0.0996 e. The van der Waals surface area contributed by atoms with Gasteiger partial charge in [-0.05, 0) is 40.2 Å². The van der Waals surface area contributed by atoms with Crippen LogP contribution in [0.2, 0.25) is 0 Å². The summed E-state index contributed by atoms with van der Waals surface area (Å²) in [5.41, 5.74) is -0.707. The highest BCUT2D eigenvalue weighted by molar-refractivity contribution is 9.10. The highest BCUT2D eigenvalue weighted by atomic mass is 79.9. The van der Waals surface area contributed by atoms with Crippen molar-refractivity contribution in [1.82, 2.24) is 0 Å². The van der Waals surface area contributed by atoms with Crippen molar-refractivity contribution in [3.8, 4) is 0 Å². The number of halogens is 1. The van der Waals surface area contributed by atoms with Crippen molar-refractivity contribution in [2.24, 2.45) is 5.92 Å². The van der Waals surface area contributed by atoms with Gasteiger partial charge in [-0.1, -0.05) is 20.3 Å². The van der Waals surface area contributed by atoms with Gasteiger partial charge < -0.3 is 5.11 Å². The van der Waals surface area contributed by atoms with Crippen LogP contribution in [0.3, 0.4) is 0 Å². The molecular weight excluding hydrogens is 248 g/mol. The van der Waals surface area contributed by atoms with E-state index in [-0.39, 0.29) is 5.92 Å². The average molecular weight is 263 g/mol. The maximum absolute atomic E-state index is 10.3. The highest BCUT2D eigenvalue weighted by Crippen LogP contribution is 2.38. The fourth-order valence-electron chi connectivity index (χ4n) is 1.28. The molecule has 1 nitrogen and oxygen atoms in total. The van der Waals surface area contributed by atoms with Gasteiger partial charge in [-0.25, -0.2) is 0 Å². The molecule has 1 aromatic rings. The molecule has 1 N–H and O–H groups in total. The van der Waals surface area contributed by atoms with Gasteiger partial charge in [0.25, 0.3) is 0 Å². The Morgan fingerprint density at radius 2 is 2.31 bits per heavy atom. The van der Waals surface area contributed by atoms with Crippen LogP contribution in [0.4, 0.5) is 0 Å². The highest BCUT2D eigenvalue weighted by Gasteiger charge is 2.31. The van der Waals surface area contributed by atoms with Crippen molar-refractivity contribution < 1.29 is 5.11 Å². The molecule has 0 fully saturated rings. The largest absolute Gasteiger partial charge is 0.384 e. The summed E-state index contributed by atoms with van der Waals surface area (Å²) in [5, 5.41) is 12.3. The fourth-order valence-corrected chi connectivity index (χ4v) is 3.23. The van der Waals surface area contributed by atoms with E-state index >= 15 is 0 Å². The van der Waals surface area contributed by atoms with Gasteiger partial charge in [-0.2, -0.15) is 0 Å². The van der Waals surface area contributed by atoms with Crippen LogP contribution in [0.1, 0.15) is 32.1 Å². The molecule has 0 saturated heterocycles. The summed E-state index contributed by atoms with van der Waals surface area (Å²) in [7, 11) is 0. The zero-order chi connectivity index (χ0) is 10.1. The third-order valence-electron chi connectivity index (χ3n) is 2.65. The van der Waals surface area contributed by atoms with E-state index in [0.29, 0.717) is 0 Å². The van der Waals surface area contributed by atoms with E-state index in [1.165, 1.54) is 0 Å². The van der Waals surface area contributed by atoms with E-state index in [1.807, 2.05) is 18.4 Å². The standard InChI is InChI=1S/C10H15BrOS/c1-4-7(2)10(3,12)9-8(11)5-6-13-9/h5-7,12H,4H2,1-3H3. The number of hydrogen-bond donors (Lipinski definition) is 1. The van der Waals surface area contributed by atoms with Crippen LogP contribution in [0.25, 0.3) is 0 Å². The van der Waals surface area contributed by atoms with Gasteiger partial charge in [0.1, 0.15) is 0 Å². The lowest BCUT2D eigenvalue weighted by Crippen LogP contribution is -2.28. The molecular formula is C10H15BrOS. The minimum Gasteiger partial charge on any atom is -0.384 e. The first kappa shape index (κ1) is 11.2. The predicted molar refractivity (Wildman–Crippen MR) is 61.0 cm³/mol. The van der Waals surface area contributed by atoms with Crippen LogP contribution in [-0.4, -0.2) is 5.11 Å². The lowest BCUT2D eigenvalue weighted by Gasteiger charge is -2.29. The minimum absolute atomic E-state index is 0.280. The quantitative estimate of drug-likeness (QED) is 0.880. The number of rotatable bonds is 3. The number of aliphatic hydroxyl groups is 1. The second-order valence-electron chi connectivity index (χ2n) is 3.55. The summed E-state index contributed by atoms with van der Waals surface area (Å²) < 4.78 is 1.02. The summed E-state index contributed by atoms with van der Waals surface area (Å²) in [6, 6.07) is 1.98. The molecule has 13 heavy (non-hydrogen) atoms. The molecule has 1 heterocycles. The molecule has 2 atom stereocenters. The molecule has 2 unspecified atom stereocenters. The van der Waals surface area contributed by atoms with Gasteiger partial charge in [0.2, 0.25) is 0 Å². The van der Waals surface area contributed by atoms with Crippen molar-refractivity contribution >= 4 is 27.3 Å². The molecule has 0 radical (unpaired) electrons. The van der Waals surface area contributed by atoms with Crippen LogP contribution >= 0.6 is 27.3 Å². The zero-order valence-electron chi connectivity index (χ0n) is 8.17. The van der Waals surface area contributed by atoms with Crippen LogP contribution in [0.5, 0.6) is 0 Å². The van der Waals surface area contributed by atoms with E-state index in [1.54, 1.807) is 11.3 Å². The van der Waals surface area contributed by atoms with Gasteiger partial charge in [-0.15, -0.1) is 11.3 Å². The molecule has 74 valence electrons. The first-order valence-electron chi connectivity index (χ1n) is 4.46. The topological polar surface area (TPSA) is 20.2 Å². The maximum atomic E-state index is 10.3. The Balaban J connectivity index is 2.99. The van der Waals surface area contributed by atoms with Crippen molar-refractivity contribution in [3.05, 3.63) is 20.8 Å². The first-order chi connectivity index (χ1) is 6.00. The van der Waals surface area contributed by atoms with Crippen LogP contribution in [-0.2, 0) is 5.60 Å². The average Bonchev–Trinajstić information content (AvgIpc) is 2.50. The van der Waals surface area contributed by atoms with Gasteiger partial charge in [-0.3, -0.25) is 0 Å². The van der Waals surface area contributed by atoms with E-state index in [9.17, 15) is 5.11 Å². The lowest BCUT2D eigenvalue weighted by molar-refractivity contribution is 0.00292. The van der Waals surface area contributed by atoms with Crippen molar-refractivity contribution in [1.29, 1.82) is 0 Å². The van der Waals surface area contributed by atoms with Crippen molar-refractivity contribution in [2.75, 3.05) is 0 Å². The molecule has 1 aromatic heterocycles. The fraction of sp³-hybridized carbons (Fsp3) is 0.600. The van der Waals surface area contributed by atoms with E-state index in [2.05, 4.69) is 29.8 Å². The lowest BCUT2D eigenvalue weighted by atomic mass is 9.87. The molecule has 0 bridgehead atoms. The molecule has 0 amide bonds. The summed E-state index contributed by atoms with van der Waals surface area (Å²) in [4.78, 5) is 1.03. The second kappa shape index (κ2) is 4.11. The molecule has 0 aliphatic heterocycles. The SMILES string of the molecule is CCC(C)C(C)(O)c1sccc1Br. The Labute approximate surface area is 91.9 Å². The van der Waals surface area contributed by atoms with E-state index in [0.717, 1.165) is 15.8 Å². The molecule has 0 aliphatic rings. The van der Waals surface area contributed by atoms with Gasteiger partial charge >= 0.3 is 0 Å². The minimum atomic E-state index is -0.707. The predicted octanol–water partition coefficient (Wildman–Crippen LogP) is 3.76. The zero-order valence-corrected chi connectivity index (χ0v) is 10.6. The summed E-state index contributed by atoms with van der Waals surface area (Å²) >= 11 is 5.05. The molecule has 0 spiro atoms. The van der Waals surface area contributed by atoms with Crippen LogP contribution in [0.15, 0.2) is 15.9 Å². The Bertz CT molecular complexity index is 280. The third-order valence-corrected chi connectivity index (χ3v) is 4.71. The Morgan fingerprint density at radius 1 is 1.69 bits per heavy atom. The second-order valence-corrected chi connectivity index (χ2v) is 5.32. The van der Waals surface area contributed by atoms with E-state index in [4.69, 9.17) is 0 Å². The van der Waals surface area contributed by atoms with Crippen molar-refractivity contribution in [3.63, 3.8) is 0 Å². The molecule has 0 aliphatic carbocycles. The first-order valence-corrected chi connectivity index (χ1v) is 6.13. The van der Waals surface area contributed by atoms with Crippen LogP contribution < -0.4 is 0 Å². The molecule has 0 aromatic carbocycles. The maximum Gasteiger partial charge on any atom is 0.0996 e. The van der Waals surface area contributed by atoms with Gasteiger partial charge in [0.05, 0.1) is 10.5 Å². The number of thiophene rings is 1. The van der Waals surface area contributed by atoms with Gasteiger partial charge in [0, 0.05) is 4.47 Å². The Morgan fingerprint density at radius 3 is 2.69 bits per heavy atom. The normalized spacial score (nSPS) is 18.2. The molecule has 3 heteroatoms. The van der Waals surface area contributed by atoms with Crippen LogP contribution in [0, 0.1) is 5.92 Å². The Hall–Kier alpha value is 0.140. The number of hydrogen-bond acceptors (Lipinski definition) is 2. The van der Waals surface area contributed by atoms with Gasteiger partial charge in [0.15, 0.2) is 0 Å². The Kier molecular flexibility index (Phi) is 3.55. The third kappa shape index (κ3) is 2.14. The van der Waals surface area contributed by atoms with E-state index < -0.39 is 5.60 Å². The molecule has 0 saturated carbocycles. The van der Waals surface area contributed by atoms with Crippen molar-refractivity contribution in [2.45, 2.75) is 32.8 Å². The summed E-state index contributed by atoms with van der Waals surface area (Å²) in [5.74, 6) is 0.280. The molecule has 1 rings (SSSR count).